The van der Waals surface area contributed by atoms with Gasteiger partial charge in [0.1, 0.15) is 11.6 Å². The van der Waals surface area contributed by atoms with Crippen LogP contribution in [0.5, 0.6) is 0 Å². The van der Waals surface area contributed by atoms with E-state index in [0.717, 1.165) is 10.9 Å². The Hall–Kier alpha value is -1.37. The molecule has 1 saturated heterocycles. The van der Waals surface area contributed by atoms with Crippen LogP contribution < -0.4 is 0 Å². The Morgan fingerprint density at radius 1 is 1.27 bits per heavy atom. The van der Waals surface area contributed by atoms with Crippen LogP contribution in [-0.4, -0.2) is 49.2 Å². The number of amides is 2. The third-order valence-corrected chi connectivity index (χ3v) is 4.87. The number of imide groups is 1. The van der Waals surface area contributed by atoms with E-state index in [0.29, 0.717) is 13.0 Å². The van der Waals surface area contributed by atoms with Crippen LogP contribution in [0.2, 0.25) is 25.7 Å². The summed E-state index contributed by atoms with van der Waals surface area (Å²) in [5.74, 6) is -0.906. The fraction of sp³-hybridized carbons (Fsp3) is 0.800. The molecular formula is C15H27NO5Si. The lowest BCUT2D eigenvalue weighted by Gasteiger charge is -2.26. The van der Waals surface area contributed by atoms with E-state index in [1.807, 2.05) is 0 Å². The first kappa shape index (κ1) is 18.7. The average molecular weight is 329 g/mol. The topological polar surface area (TPSA) is 72.9 Å². The maximum atomic E-state index is 12.1. The van der Waals surface area contributed by atoms with E-state index < -0.39 is 31.8 Å². The van der Waals surface area contributed by atoms with Crippen molar-refractivity contribution in [3.63, 3.8) is 0 Å². The molecule has 0 aromatic heterocycles. The Labute approximate surface area is 133 Å². The highest BCUT2D eigenvalue weighted by molar-refractivity contribution is 6.76. The van der Waals surface area contributed by atoms with Gasteiger partial charge < -0.3 is 9.47 Å². The molecule has 1 atom stereocenters. The summed E-state index contributed by atoms with van der Waals surface area (Å²) in [6.45, 7) is 12.0. The van der Waals surface area contributed by atoms with Gasteiger partial charge in [0.25, 0.3) is 0 Å². The van der Waals surface area contributed by atoms with Crippen molar-refractivity contribution in [1.29, 1.82) is 0 Å². The van der Waals surface area contributed by atoms with E-state index in [4.69, 9.17) is 9.47 Å². The summed E-state index contributed by atoms with van der Waals surface area (Å²) in [6, 6.07) is -0.00440. The summed E-state index contributed by atoms with van der Waals surface area (Å²) >= 11 is 0. The first-order valence-electron chi connectivity index (χ1n) is 7.62. The summed E-state index contributed by atoms with van der Waals surface area (Å²) in [7, 11) is -1.30. The normalized spacial score (nSPS) is 19.3. The van der Waals surface area contributed by atoms with Crippen molar-refractivity contribution >= 4 is 26.0 Å². The molecule has 0 bridgehead atoms. The van der Waals surface area contributed by atoms with Gasteiger partial charge in [0.2, 0.25) is 5.91 Å². The first-order chi connectivity index (χ1) is 9.91. The van der Waals surface area contributed by atoms with E-state index >= 15 is 0 Å². The average Bonchev–Trinajstić information content (AvgIpc) is 2.67. The second-order valence-electron chi connectivity index (χ2n) is 7.78. The van der Waals surface area contributed by atoms with E-state index in [1.165, 1.54) is 0 Å². The van der Waals surface area contributed by atoms with Crippen LogP contribution >= 0.6 is 0 Å². The molecule has 22 heavy (non-hydrogen) atoms. The fourth-order valence-corrected chi connectivity index (χ4v) is 2.72. The second kappa shape index (κ2) is 6.81. The van der Waals surface area contributed by atoms with Crippen LogP contribution in [0.4, 0.5) is 4.79 Å². The van der Waals surface area contributed by atoms with Crippen molar-refractivity contribution in [3.05, 3.63) is 0 Å². The number of esters is 1. The van der Waals surface area contributed by atoms with E-state index in [9.17, 15) is 14.4 Å². The molecule has 126 valence electrons. The number of nitrogens with zero attached hydrogens (tertiary/aromatic N) is 1. The Balaban J connectivity index is 2.66. The minimum atomic E-state index is -1.30. The highest BCUT2D eigenvalue weighted by Crippen LogP contribution is 2.23. The van der Waals surface area contributed by atoms with Crippen LogP contribution in [0.1, 0.15) is 33.6 Å². The molecular weight excluding hydrogens is 302 g/mol. The quantitative estimate of drug-likeness (QED) is 0.586. The number of likely N-dealkylation sites (tertiary alicyclic amines) is 1. The maximum absolute atomic E-state index is 12.1. The highest BCUT2D eigenvalue weighted by Gasteiger charge is 2.43. The lowest BCUT2D eigenvalue weighted by atomic mass is 10.2. The summed E-state index contributed by atoms with van der Waals surface area (Å²) in [4.78, 5) is 37.0. The fourth-order valence-electron chi connectivity index (χ4n) is 2.00. The van der Waals surface area contributed by atoms with E-state index in [2.05, 4.69) is 19.6 Å². The van der Waals surface area contributed by atoms with Crippen LogP contribution in [0, 0.1) is 0 Å². The Morgan fingerprint density at radius 2 is 1.86 bits per heavy atom. The molecule has 1 aliphatic rings. The van der Waals surface area contributed by atoms with Crippen molar-refractivity contribution in [2.45, 2.75) is 70.9 Å². The summed E-state index contributed by atoms with van der Waals surface area (Å²) in [6.07, 6.45) is -0.321. The molecule has 0 radical (unpaired) electrons. The van der Waals surface area contributed by atoms with Crippen LogP contribution in [0.3, 0.4) is 0 Å². The zero-order valence-electron chi connectivity index (χ0n) is 14.4. The molecule has 0 spiro atoms. The van der Waals surface area contributed by atoms with Gasteiger partial charge in [-0.3, -0.25) is 4.79 Å². The van der Waals surface area contributed by atoms with Crippen LogP contribution in [0.25, 0.3) is 0 Å². The summed E-state index contributed by atoms with van der Waals surface area (Å²) < 4.78 is 10.5. The Bertz CT molecular complexity index is 450. The maximum Gasteiger partial charge on any atom is 0.417 e. The zero-order valence-corrected chi connectivity index (χ0v) is 15.4. The van der Waals surface area contributed by atoms with Gasteiger partial charge in [-0.05, 0) is 33.2 Å². The number of carbonyl (C=O) groups is 3. The van der Waals surface area contributed by atoms with Crippen LogP contribution in [-0.2, 0) is 19.1 Å². The summed E-state index contributed by atoms with van der Waals surface area (Å²) in [5, 5.41) is 0. The molecule has 0 aliphatic carbocycles. The van der Waals surface area contributed by atoms with Gasteiger partial charge in [0, 0.05) is 14.5 Å². The molecule has 1 aliphatic heterocycles. The summed E-state index contributed by atoms with van der Waals surface area (Å²) in [5.41, 5.74) is -0.716. The monoisotopic (exact) mass is 329 g/mol. The first-order valence-corrected chi connectivity index (χ1v) is 11.3. The standard InChI is InChI=1S/C15H27NO5Si/c1-15(2,3)21-14(19)16-11(7-8-12(16)17)13(18)20-9-10-22(4,5)6/h11H,7-10H2,1-6H3/t11-/m0/s1. The predicted octanol–water partition coefficient (Wildman–Crippen LogP) is 2.79. The van der Waals surface area contributed by atoms with Crippen molar-refractivity contribution in [2.75, 3.05) is 6.61 Å². The van der Waals surface area contributed by atoms with Gasteiger partial charge in [-0.15, -0.1) is 0 Å². The van der Waals surface area contributed by atoms with Gasteiger partial charge in [-0.25, -0.2) is 14.5 Å². The minimum absolute atomic E-state index is 0.160. The van der Waals surface area contributed by atoms with Gasteiger partial charge in [0.15, 0.2) is 0 Å². The molecule has 7 heteroatoms. The Kier molecular flexibility index (Phi) is 5.78. The van der Waals surface area contributed by atoms with Gasteiger partial charge in [0.05, 0.1) is 6.61 Å². The van der Waals surface area contributed by atoms with Crippen LogP contribution in [0.15, 0.2) is 0 Å². The van der Waals surface area contributed by atoms with Crippen molar-refractivity contribution in [2.24, 2.45) is 0 Å². The largest absolute Gasteiger partial charge is 0.464 e. The van der Waals surface area contributed by atoms with Crippen molar-refractivity contribution in [3.8, 4) is 0 Å². The van der Waals surface area contributed by atoms with Crippen molar-refractivity contribution < 1.29 is 23.9 Å². The van der Waals surface area contributed by atoms with Gasteiger partial charge in [-0.2, -0.15) is 0 Å². The van der Waals surface area contributed by atoms with Gasteiger partial charge >= 0.3 is 12.1 Å². The molecule has 1 fully saturated rings. The lowest BCUT2D eigenvalue weighted by Crippen LogP contribution is -2.46. The van der Waals surface area contributed by atoms with E-state index in [-0.39, 0.29) is 12.3 Å². The zero-order chi connectivity index (χ0) is 17.1. The molecule has 0 saturated carbocycles. The molecule has 6 nitrogen and oxygen atoms in total. The Morgan fingerprint density at radius 3 is 2.36 bits per heavy atom. The molecule has 0 aromatic rings. The van der Waals surface area contributed by atoms with Gasteiger partial charge in [-0.1, -0.05) is 19.6 Å². The lowest BCUT2D eigenvalue weighted by molar-refractivity contribution is -0.151. The SMILES string of the molecule is CC(C)(C)OC(=O)N1C(=O)CC[C@H]1C(=O)OCC[Si](C)(C)C. The highest BCUT2D eigenvalue weighted by atomic mass is 28.3. The molecule has 0 unspecified atom stereocenters. The van der Waals surface area contributed by atoms with E-state index in [1.54, 1.807) is 20.8 Å². The molecule has 0 aromatic carbocycles. The second-order valence-corrected chi connectivity index (χ2v) is 13.4. The number of hydrogen-bond acceptors (Lipinski definition) is 5. The smallest absolute Gasteiger partial charge is 0.417 e. The number of ether oxygens (including phenoxy) is 2. The molecule has 1 rings (SSSR count). The molecule has 1 heterocycles. The molecule has 0 N–H and O–H groups in total. The molecule has 2 amide bonds. The van der Waals surface area contributed by atoms with Crippen molar-refractivity contribution in [1.82, 2.24) is 4.90 Å². The minimum Gasteiger partial charge on any atom is -0.464 e. The number of hydrogen-bond donors (Lipinski definition) is 0. The number of carbonyl (C=O) groups excluding carboxylic acids is 3. The number of rotatable bonds is 4. The third kappa shape index (κ3) is 5.79. The third-order valence-electron chi connectivity index (χ3n) is 3.17. The predicted molar refractivity (Wildman–Crippen MR) is 85.2 cm³/mol.